The first kappa shape index (κ1) is 18.7. The van der Waals surface area contributed by atoms with Crippen LogP contribution in [0.2, 0.25) is 0 Å². The Morgan fingerprint density at radius 2 is 1.78 bits per heavy atom. The molecule has 2 aromatic rings. The van der Waals surface area contributed by atoms with Gasteiger partial charge in [-0.3, -0.25) is 0 Å². The molecule has 1 atom stereocenters. The van der Waals surface area contributed by atoms with Crippen LogP contribution in [0.1, 0.15) is 17.2 Å². The molecule has 0 aliphatic carbocycles. The van der Waals surface area contributed by atoms with Gasteiger partial charge in [-0.15, -0.1) is 0 Å². The van der Waals surface area contributed by atoms with Crippen LogP contribution in [-0.2, 0) is 6.18 Å². The molecule has 27 heavy (non-hydrogen) atoms. The topological polar surface area (TPSA) is 47.0 Å². The van der Waals surface area contributed by atoms with Gasteiger partial charge in [0.2, 0.25) is 0 Å². The van der Waals surface area contributed by atoms with Gasteiger partial charge in [0.15, 0.2) is 11.5 Å². The van der Waals surface area contributed by atoms with E-state index in [4.69, 9.17) is 9.47 Å². The molecule has 0 saturated heterocycles. The van der Waals surface area contributed by atoms with E-state index in [1.54, 1.807) is 18.2 Å². The first-order valence-corrected chi connectivity index (χ1v) is 7.77. The van der Waals surface area contributed by atoms with Crippen molar-refractivity contribution in [3.05, 3.63) is 59.7 Å². The van der Waals surface area contributed by atoms with Gasteiger partial charge in [0, 0.05) is 6.20 Å². The third-order valence-electron chi connectivity index (χ3n) is 3.99. The van der Waals surface area contributed by atoms with Gasteiger partial charge in [0.1, 0.15) is 17.7 Å². The van der Waals surface area contributed by atoms with E-state index >= 15 is 0 Å². The van der Waals surface area contributed by atoms with E-state index in [-0.39, 0.29) is 5.82 Å². The van der Waals surface area contributed by atoms with E-state index < -0.39 is 23.6 Å². The van der Waals surface area contributed by atoms with Gasteiger partial charge in [-0.05, 0) is 29.8 Å². The molecule has 1 aliphatic heterocycles. The highest BCUT2D eigenvalue weighted by Crippen LogP contribution is 2.38. The van der Waals surface area contributed by atoms with Gasteiger partial charge >= 0.3 is 6.18 Å². The van der Waals surface area contributed by atoms with Crippen LogP contribution < -0.4 is 14.4 Å². The Morgan fingerprint density at radius 3 is 2.37 bits per heavy atom. The molecule has 3 rings (SSSR count). The Morgan fingerprint density at radius 1 is 1.04 bits per heavy atom. The molecule has 0 N–H and O–H groups in total. The summed E-state index contributed by atoms with van der Waals surface area (Å²) in [6.45, 7) is 0. The van der Waals surface area contributed by atoms with E-state index in [9.17, 15) is 17.6 Å². The van der Waals surface area contributed by atoms with Crippen LogP contribution >= 0.6 is 0 Å². The van der Waals surface area contributed by atoms with Gasteiger partial charge in [-0.25, -0.2) is 14.4 Å². The molecule has 0 saturated carbocycles. The summed E-state index contributed by atoms with van der Waals surface area (Å²) in [7, 11) is 2.93. The monoisotopic (exact) mass is 381 g/mol. The highest BCUT2D eigenvalue weighted by Gasteiger charge is 2.32. The second-order valence-corrected chi connectivity index (χ2v) is 5.61. The molecule has 0 spiro atoms. The minimum Gasteiger partial charge on any atom is -0.493 e. The molecule has 1 aromatic carbocycles. The Balaban J connectivity index is 2.00. The number of rotatable bonds is 4. The lowest BCUT2D eigenvalue weighted by Crippen LogP contribution is -2.30. The van der Waals surface area contributed by atoms with Crippen LogP contribution in [0, 0.1) is 0 Å². The molecule has 1 aromatic heterocycles. The van der Waals surface area contributed by atoms with Gasteiger partial charge in [-0.1, -0.05) is 6.07 Å². The normalized spacial score (nSPS) is 16.9. The number of hydrogen-bond acceptors (Lipinski definition) is 5. The van der Waals surface area contributed by atoms with E-state index in [2.05, 4.69) is 9.98 Å². The Labute approximate surface area is 152 Å². The average Bonchev–Trinajstić information content (AvgIpc) is 2.66. The minimum absolute atomic E-state index is 0.120. The number of ether oxygens (including phenoxy) is 2. The quantitative estimate of drug-likeness (QED) is 0.731. The third-order valence-corrected chi connectivity index (χ3v) is 3.99. The van der Waals surface area contributed by atoms with Crippen molar-refractivity contribution >= 4 is 12.2 Å². The van der Waals surface area contributed by atoms with Gasteiger partial charge in [0.05, 0.1) is 32.3 Å². The zero-order valence-electron chi connectivity index (χ0n) is 14.4. The summed E-state index contributed by atoms with van der Waals surface area (Å²) < 4.78 is 63.2. The van der Waals surface area contributed by atoms with Crippen LogP contribution in [0.4, 0.5) is 23.4 Å². The number of halogens is 4. The number of methoxy groups -OCH3 is 2. The van der Waals surface area contributed by atoms with Crippen LogP contribution in [0.3, 0.4) is 0 Å². The maximum Gasteiger partial charge on any atom is 0.417 e. The number of pyridine rings is 1. The number of aliphatic imine (C=N–C) groups is 1. The highest BCUT2D eigenvalue weighted by atomic mass is 19.4. The summed E-state index contributed by atoms with van der Waals surface area (Å²) in [6, 6.07) is 5.94. The summed E-state index contributed by atoms with van der Waals surface area (Å²) in [5.74, 6) is 0.390. The second kappa shape index (κ2) is 7.26. The van der Waals surface area contributed by atoms with Crippen LogP contribution in [0.5, 0.6) is 11.5 Å². The Bertz CT molecular complexity index is 879. The van der Waals surface area contributed by atoms with Gasteiger partial charge in [-0.2, -0.15) is 13.2 Å². The number of nitrogens with zero attached hydrogens (tertiary/aromatic N) is 3. The fourth-order valence-corrected chi connectivity index (χ4v) is 2.69. The van der Waals surface area contributed by atoms with Crippen molar-refractivity contribution in [2.75, 3.05) is 19.1 Å². The van der Waals surface area contributed by atoms with Crippen LogP contribution in [-0.4, -0.2) is 25.5 Å². The van der Waals surface area contributed by atoms with E-state index in [0.717, 1.165) is 12.3 Å². The number of anilines is 1. The highest BCUT2D eigenvalue weighted by molar-refractivity contribution is 5.81. The first-order valence-electron chi connectivity index (χ1n) is 7.77. The van der Waals surface area contributed by atoms with Gasteiger partial charge in [0.25, 0.3) is 0 Å². The fraction of sp³-hybridized carbons (Fsp3) is 0.222. The maximum atomic E-state index is 14.6. The van der Waals surface area contributed by atoms with E-state index in [1.165, 1.54) is 31.5 Å². The minimum atomic E-state index is -4.50. The van der Waals surface area contributed by atoms with Crippen molar-refractivity contribution in [2.24, 2.45) is 4.99 Å². The maximum absolute atomic E-state index is 14.6. The van der Waals surface area contributed by atoms with E-state index in [1.807, 2.05) is 0 Å². The molecular weight excluding hydrogens is 366 g/mol. The zero-order valence-corrected chi connectivity index (χ0v) is 14.4. The standard InChI is InChI=1S/C18H15F4N3O2/c1-26-14-5-3-11(7-15(14)27-2)17-13(19)9-23-10-25(17)16-6-4-12(8-24-16)18(20,21)22/h3-10,17H,1-2H3. The molecule has 0 bridgehead atoms. The first-order chi connectivity index (χ1) is 12.8. The van der Waals surface area contributed by atoms with Crippen molar-refractivity contribution < 1.29 is 27.0 Å². The van der Waals surface area contributed by atoms with Crippen LogP contribution in [0.25, 0.3) is 0 Å². The molecule has 142 valence electrons. The average molecular weight is 381 g/mol. The summed E-state index contributed by atoms with van der Waals surface area (Å²) in [5, 5.41) is 0. The summed E-state index contributed by atoms with van der Waals surface area (Å²) >= 11 is 0. The number of hydrogen-bond donors (Lipinski definition) is 0. The smallest absolute Gasteiger partial charge is 0.417 e. The SMILES string of the molecule is COc1ccc(C2C(F)=CN=CN2c2ccc(C(F)(F)F)cn2)cc1OC. The molecule has 0 amide bonds. The number of aromatic nitrogens is 1. The summed E-state index contributed by atoms with van der Waals surface area (Å²) in [4.78, 5) is 8.95. The predicted molar refractivity (Wildman–Crippen MR) is 91.7 cm³/mol. The second-order valence-electron chi connectivity index (χ2n) is 5.61. The van der Waals surface area contributed by atoms with Crippen molar-refractivity contribution in [2.45, 2.75) is 12.2 Å². The summed E-state index contributed by atoms with van der Waals surface area (Å²) in [6.07, 6.45) is -1.46. The Kier molecular flexibility index (Phi) is 5.02. The number of alkyl halides is 3. The van der Waals surface area contributed by atoms with Crippen molar-refractivity contribution in [1.82, 2.24) is 4.98 Å². The molecule has 1 aliphatic rings. The molecule has 9 heteroatoms. The predicted octanol–water partition coefficient (Wildman–Crippen LogP) is 4.52. The molecule has 1 unspecified atom stereocenters. The number of benzene rings is 1. The van der Waals surface area contributed by atoms with Crippen molar-refractivity contribution in [1.29, 1.82) is 0 Å². The lowest BCUT2D eigenvalue weighted by Gasteiger charge is -2.30. The molecule has 0 radical (unpaired) electrons. The molecule has 5 nitrogen and oxygen atoms in total. The lowest BCUT2D eigenvalue weighted by molar-refractivity contribution is -0.137. The third kappa shape index (κ3) is 3.71. The van der Waals surface area contributed by atoms with Crippen molar-refractivity contribution in [3.63, 3.8) is 0 Å². The van der Waals surface area contributed by atoms with E-state index in [0.29, 0.717) is 23.3 Å². The molecule has 2 heterocycles. The fourth-order valence-electron chi connectivity index (χ4n) is 2.69. The zero-order chi connectivity index (χ0) is 19.6. The van der Waals surface area contributed by atoms with Gasteiger partial charge < -0.3 is 14.4 Å². The molecule has 0 fully saturated rings. The largest absolute Gasteiger partial charge is 0.493 e. The Hall–Kier alpha value is -3.10. The summed E-state index contributed by atoms with van der Waals surface area (Å²) in [5.41, 5.74) is -0.395. The van der Waals surface area contributed by atoms with Crippen molar-refractivity contribution in [3.8, 4) is 11.5 Å². The van der Waals surface area contributed by atoms with Crippen LogP contribution in [0.15, 0.2) is 53.5 Å². The molecular formula is C18H15F4N3O2. The lowest BCUT2D eigenvalue weighted by atomic mass is 10.0.